The molecule has 0 aromatic carbocycles. The van der Waals surface area contributed by atoms with Crippen molar-refractivity contribution in [3.05, 3.63) is 0 Å². The monoisotopic (exact) mass is 266 g/mol. The van der Waals surface area contributed by atoms with Crippen molar-refractivity contribution in [2.45, 2.75) is 76.5 Å². The smallest absolute Gasteiger partial charge is 0.410 e. The molecule has 4 heteroatoms. The average molecular weight is 266 g/mol. The lowest BCUT2D eigenvalue weighted by molar-refractivity contribution is 0.0136. The Morgan fingerprint density at radius 2 is 1.89 bits per heavy atom. The average Bonchev–Trinajstić information content (AvgIpc) is 3.17. The molecular formula is C15H26N2O2. The van der Waals surface area contributed by atoms with Crippen molar-refractivity contribution >= 4 is 6.09 Å². The number of amides is 1. The molecule has 2 aliphatic carbocycles. The van der Waals surface area contributed by atoms with Gasteiger partial charge >= 0.3 is 6.09 Å². The SMILES string of the molecule is CC(C)(C)OC(=O)N1CCCC1C1(C2(N)CC2)CC1. The van der Waals surface area contributed by atoms with Gasteiger partial charge in [-0.15, -0.1) is 0 Å². The van der Waals surface area contributed by atoms with E-state index in [1.54, 1.807) is 0 Å². The predicted molar refractivity (Wildman–Crippen MR) is 73.8 cm³/mol. The first-order valence-electron chi connectivity index (χ1n) is 7.56. The molecule has 0 radical (unpaired) electrons. The van der Waals surface area contributed by atoms with E-state index >= 15 is 0 Å². The summed E-state index contributed by atoms with van der Waals surface area (Å²) in [4.78, 5) is 14.3. The second-order valence-corrected chi connectivity index (χ2v) is 7.64. The van der Waals surface area contributed by atoms with E-state index in [9.17, 15) is 4.79 Å². The van der Waals surface area contributed by atoms with Crippen LogP contribution in [0.1, 0.15) is 59.3 Å². The summed E-state index contributed by atoms with van der Waals surface area (Å²) >= 11 is 0. The Morgan fingerprint density at radius 1 is 1.26 bits per heavy atom. The van der Waals surface area contributed by atoms with Gasteiger partial charge in [0.05, 0.1) is 0 Å². The molecule has 0 aromatic rings. The van der Waals surface area contributed by atoms with Gasteiger partial charge < -0.3 is 15.4 Å². The summed E-state index contributed by atoms with van der Waals surface area (Å²) < 4.78 is 5.55. The van der Waals surface area contributed by atoms with Gasteiger partial charge in [0.2, 0.25) is 0 Å². The molecule has 3 aliphatic rings. The van der Waals surface area contributed by atoms with Gasteiger partial charge in [-0.3, -0.25) is 0 Å². The van der Waals surface area contributed by atoms with Crippen molar-refractivity contribution in [1.82, 2.24) is 4.90 Å². The first-order chi connectivity index (χ1) is 8.78. The Balaban J connectivity index is 1.74. The van der Waals surface area contributed by atoms with E-state index in [-0.39, 0.29) is 17.0 Å². The fourth-order valence-electron chi connectivity index (χ4n) is 3.81. The van der Waals surface area contributed by atoms with Crippen LogP contribution >= 0.6 is 0 Å². The number of nitrogens with zero attached hydrogens (tertiary/aromatic N) is 1. The van der Waals surface area contributed by atoms with Crippen LogP contribution in [0.2, 0.25) is 0 Å². The lowest BCUT2D eigenvalue weighted by Crippen LogP contribution is -2.50. The highest BCUT2D eigenvalue weighted by Crippen LogP contribution is 2.66. The second kappa shape index (κ2) is 3.87. The van der Waals surface area contributed by atoms with Crippen LogP contribution in [-0.2, 0) is 4.74 Å². The molecule has 108 valence electrons. The predicted octanol–water partition coefficient (Wildman–Crippen LogP) is 2.66. The molecule has 0 spiro atoms. The van der Waals surface area contributed by atoms with Crippen molar-refractivity contribution in [2.75, 3.05) is 6.54 Å². The van der Waals surface area contributed by atoms with E-state index in [4.69, 9.17) is 10.5 Å². The maximum atomic E-state index is 12.4. The minimum absolute atomic E-state index is 0.0161. The number of hydrogen-bond donors (Lipinski definition) is 1. The van der Waals surface area contributed by atoms with Crippen LogP contribution in [0.5, 0.6) is 0 Å². The zero-order valence-electron chi connectivity index (χ0n) is 12.4. The number of likely N-dealkylation sites (tertiary alicyclic amines) is 1. The molecule has 1 unspecified atom stereocenters. The summed E-state index contributed by atoms with van der Waals surface area (Å²) in [6, 6.07) is 0.315. The van der Waals surface area contributed by atoms with E-state index in [1.807, 2.05) is 25.7 Å². The van der Waals surface area contributed by atoms with E-state index < -0.39 is 5.60 Å². The van der Waals surface area contributed by atoms with Crippen LogP contribution in [0.4, 0.5) is 4.79 Å². The molecule has 0 bridgehead atoms. The van der Waals surface area contributed by atoms with Crippen LogP contribution in [0, 0.1) is 5.41 Å². The van der Waals surface area contributed by atoms with Gasteiger partial charge in [0.25, 0.3) is 0 Å². The summed E-state index contributed by atoms with van der Waals surface area (Å²) in [5, 5.41) is 0. The van der Waals surface area contributed by atoms with Gasteiger partial charge in [-0.2, -0.15) is 0 Å². The van der Waals surface area contributed by atoms with Gasteiger partial charge in [-0.1, -0.05) is 0 Å². The van der Waals surface area contributed by atoms with Crippen molar-refractivity contribution in [2.24, 2.45) is 11.1 Å². The molecule has 2 N–H and O–H groups in total. The molecule has 0 aromatic heterocycles. The van der Waals surface area contributed by atoms with E-state index in [0.29, 0.717) is 6.04 Å². The van der Waals surface area contributed by atoms with Crippen LogP contribution in [0.25, 0.3) is 0 Å². The van der Waals surface area contributed by atoms with E-state index in [2.05, 4.69) is 0 Å². The lowest BCUT2D eigenvalue weighted by Gasteiger charge is -2.36. The van der Waals surface area contributed by atoms with Gasteiger partial charge in [-0.05, 0) is 59.3 Å². The molecule has 1 aliphatic heterocycles. The van der Waals surface area contributed by atoms with Crippen LogP contribution in [-0.4, -0.2) is 34.7 Å². The van der Waals surface area contributed by atoms with E-state index in [0.717, 1.165) is 32.2 Å². The Labute approximate surface area is 115 Å². The highest BCUT2D eigenvalue weighted by Gasteiger charge is 2.68. The van der Waals surface area contributed by atoms with Gasteiger partial charge in [0.1, 0.15) is 5.60 Å². The third-order valence-corrected chi connectivity index (χ3v) is 5.09. The van der Waals surface area contributed by atoms with Gasteiger partial charge in [-0.25, -0.2) is 4.79 Å². The van der Waals surface area contributed by atoms with Crippen molar-refractivity contribution in [1.29, 1.82) is 0 Å². The van der Waals surface area contributed by atoms with Crippen molar-refractivity contribution in [3.63, 3.8) is 0 Å². The molecular weight excluding hydrogens is 240 g/mol. The second-order valence-electron chi connectivity index (χ2n) is 7.64. The first-order valence-corrected chi connectivity index (χ1v) is 7.56. The topological polar surface area (TPSA) is 55.6 Å². The zero-order chi connectivity index (χ0) is 13.9. The first kappa shape index (κ1) is 13.2. The molecule has 1 heterocycles. The molecule has 4 nitrogen and oxygen atoms in total. The number of nitrogens with two attached hydrogens (primary N) is 1. The number of ether oxygens (including phenoxy) is 1. The quantitative estimate of drug-likeness (QED) is 0.836. The third-order valence-electron chi connectivity index (χ3n) is 5.09. The van der Waals surface area contributed by atoms with Gasteiger partial charge in [0.15, 0.2) is 0 Å². The number of rotatable bonds is 2. The Bertz CT molecular complexity index is 391. The summed E-state index contributed by atoms with van der Waals surface area (Å²) in [6.07, 6.45) is 6.67. The van der Waals surface area contributed by atoms with Gasteiger partial charge in [0, 0.05) is 23.5 Å². The van der Waals surface area contributed by atoms with Crippen LogP contribution in [0.15, 0.2) is 0 Å². The Kier molecular flexibility index (Phi) is 2.70. The van der Waals surface area contributed by atoms with E-state index in [1.165, 1.54) is 12.8 Å². The fourth-order valence-corrected chi connectivity index (χ4v) is 3.81. The molecule has 2 saturated carbocycles. The summed E-state index contributed by atoms with van der Waals surface area (Å²) in [6.45, 7) is 6.61. The molecule has 1 atom stereocenters. The normalized spacial score (nSPS) is 31.2. The van der Waals surface area contributed by atoms with Crippen molar-refractivity contribution < 1.29 is 9.53 Å². The number of carbonyl (C=O) groups excluding carboxylic acids is 1. The number of hydrogen-bond acceptors (Lipinski definition) is 3. The largest absolute Gasteiger partial charge is 0.444 e. The molecule has 1 amide bonds. The van der Waals surface area contributed by atoms with Crippen molar-refractivity contribution in [3.8, 4) is 0 Å². The maximum absolute atomic E-state index is 12.4. The maximum Gasteiger partial charge on any atom is 0.410 e. The third kappa shape index (κ3) is 2.14. The molecule has 1 saturated heterocycles. The summed E-state index contributed by atoms with van der Waals surface area (Å²) in [7, 11) is 0. The highest BCUT2D eigenvalue weighted by atomic mass is 16.6. The summed E-state index contributed by atoms with van der Waals surface area (Å²) in [5.41, 5.74) is 6.29. The van der Waals surface area contributed by atoms with Crippen LogP contribution < -0.4 is 5.73 Å². The number of carbonyl (C=O) groups is 1. The van der Waals surface area contributed by atoms with Crippen LogP contribution in [0.3, 0.4) is 0 Å². The fraction of sp³-hybridized carbons (Fsp3) is 0.933. The standard InChI is InChI=1S/C15H26N2O2/c1-13(2,3)19-12(18)17-10-4-5-11(17)14(6-7-14)15(16)8-9-15/h11H,4-10,16H2,1-3H3. The minimum Gasteiger partial charge on any atom is -0.444 e. The lowest BCUT2D eigenvalue weighted by atomic mass is 9.84. The Hall–Kier alpha value is -0.770. The molecule has 19 heavy (non-hydrogen) atoms. The Morgan fingerprint density at radius 3 is 2.37 bits per heavy atom. The molecule has 3 fully saturated rings. The zero-order valence-corrected chi connectivity index (χ0v) is 12.4. The summed E-state index contributed by atoms with van der Waals surface area (Å²) in [5.74, 6) is 0. The highest BCUT2D eigenvalue weighted by molar-refractivity contribution is 5.69. The minimum atomic E-state index is -0.416. The molecule has 3 rings (SSSR count).